The predicted octanol–water partition coefficient (Wildman–Crippen LogP) is 1.33. The van der Waals surface area contributed by atoms with E-state index in [1.165, 1.54) is 0 Å². The van der Waals surface area contributed by atoms with E-state index in [-0.39, 0.29) is 6.04 Å². The summed E-state index contributed by atoms with van der Waals surface area (Å²) in [5.41, 5.74) is 6.67. The lowest BCUT2D eigenvalue weighted by atomic mass is 10.1. The number of hydrogen-bond donors (Lipinski definition) is 2. The topological polar surface area (TPSA) is 56.5 Å². The molecule has 0 radical (unpaired) electrons. The number of halogens is 1. The van der Waals surface area contributed by atoms with Gasteiger partial charge in [-0.2, -0.15) is 0 Å². The molecule has 0 fully saturated rings. The highest BCUT2D eigenvalue weighted by Gasteiger charge is 2.19. The smallest absolute Gasteiger partial charge is 0.179 e. The van der Waals surface area contributed by atoms with E-state index < -0.39 is 0 Å². The van der Waals surface area contributed by atoms with E-state index in [1.807, 2.05) is 12.1 Å². The van der Waals surface area contributed by atoms with Gasteiger partial charge in [-0.3, -0.25) is 5.32 Å². The third-order valence-electron chi connectivity index (χ3n) is 2.71. The molecule has 3 N–H and O–H groups in total. The van der Waals surface area contributed by atoms with Crippen LogP contribution >= 0.6 is 11.6 Å². The fourth-order valence-electron chi connectivity index (χ4n) is 1.85. The molecule has 0 saturated heterocycles. The molecule has 1 atom stereocenters. The molecular weight excluding hydrogens is 252 g/mol. The molecule has 1 aromatic carbocycles. The maximum absolute atomic E-state index is 6.17. The zero-order valence-electron chi connectivity index (χ0n) is 9.91. The van der Waals surface area contributed by atoms with E-state index in [1.54, 1.807) is 0 Å². The zero-order chi connectivity index (χ0) is 13.0. The highest BCUT2D eigenvalue weighted by atomic mass is 35.5. The molecule has 0 spiro atoms. The molecule has 4 nitrogen and oxygen atoms in total. The third-order valence-corrected chi connectivity index (χ3v) is 2.99. The van der Waals surface area contributed by atoms with Crippen LogP contribution in [0.4, 0.5) is 0 Å². The van der Waals surface area contributed by atoms with E-state index in [4.69, 9.17) is 33.2 Å². The summed E-state index contributed by atoms with van der Waals surface area (Å²) in [6.45, 7) is 1.92. The summed E-state index contributed by atoms with van der Waals surface area (Å²) in [5.74, 6) is 3.78. The molecule has 1 aromatic rings. The van der Waals surface area contributed by atoms with Gasteiger partial charge in [0.1, 0.15) is 13.2 Å². The summed E-state index contributed by atoms with van der Waals surface area (Å²) in [7, 11) is 0. The van der Waals surface area contributed by atoms with Crippen LogP contribution in [0.5, 0.6) is 11.5 Å². The van der Waals surface area contributed by atoms with E-state index in [9.17, 15) is 0 Å². The Balaban J connectivity index is 2.28. The van der Waals surface area contributed by atoms with Crippen LogP contribution < -0.4 is 20.5 Å². The Bertz CT molecular complexity index is 471. The molecular formula is C13H15ClN2O2. The number of terminal acetylenes is 1. The average Bonchev–Trinajstić information content (AvgIpc) is 2.40. The molecule has 5 heteroatoms. The first-order valence-electron chi connectivity index (χ1n) is 5.72. The van der Waals surface area contributed by atoms with Gasteiger partial charge in [0.2, 0.25) is 0 Å². The molecule has 1 aliphatic rings. The normalized spacial score (nSPS) is 14.9. The molecule has 0 bridgehead atoms. The van der Waals surface area contributed by atoms with Gasteiger partial charge < -0.3 is 15.2 Å². The summed E-state index contributed by atoms with van der Waals surface area (Å²) < 4.78 is 11.0. The van der Waals surface area contributed by atoms with Gasteiger partial charge in [0, 0.05) is 12.6 Å². The maximum atomic E-state index is 6.17. The van der Waals surface area contributed by atoms with Gasteiger partial charge in [-0.25, -0.2) is 0 Å². The monoisotopic (exact) mass is 266 g/mol. The van der Waals surface area contributed by atoms with Crippen molar-refractivity contribution >= 4 is 11.6 Å². The van der Waals surface area contributed by atoms with E-state index in [2.05, 4.69) is 11.2 Å². The largest absolute Gasteiger partial charge is 0.486 e. The lowest BCUT2D eigenvalue weighted by Crippen LogP contribution is -2.28. The van der Waals surface area contributed by atoms with Crippen LogP contribution in [0.2, 0.25) is 5.02 Å². The summed E-state index contributed by atoms with van der Waals surface area (Å²) in [5, 5.41) is 3.68. The Morgan fingerprint density at radius 1 is 1.44 bits per heavy atom. The van der Waals surface area contributed by atoms with Gasteiger partial charge in [0.25, 0.3) is 0 Å². The maximum Gasteiger partial charge on any atom is 0.179 e. The Morgan fingerprint density at radius 2 is 2.22 bits per heavy atom. The van der Waals surface area contributed by atoms with Crippen LogP contribution in [0, 0.1) is 12.3 Å². The van der Waals surface area contributed by atoms with Gasteiger partial charge in [0.15, 0.2) is 11.5 Å². The fraction of sp³-hybridized carbons (Fsp3) is 0.385. The van der Waals surface area contributed by atoms with Crippen molar-refractivity contribution in [1.29, 1.82) is 0 Å². The Kier molecular flexibility index (Phi) is 4.32. The lowest BCUT2D eigenvalue weighted by Gasteiger charge is -2.23. The average molecular weight is 267 g/mol. The third kappa shape index (κ3) is 2.70. The molecule has 96 valence electrons. The summed E-state index contributed by atoms with van der Waals surface area (Å²) in [6.07, 6.45) is 5.23. The van der Waals surface area contributed by atoms with Crippen molar-refractivity contribution < 1.29 is 9.47 Å². The van der Waals surface area contributed by atoms with Gasteiger partial charge >= 0.3 is 0 Å². The van der Waals surface area contributed by atoms with E-state index in [0.717, 1.165) is 5.56 Å². The van der Waals surface area contributed by atoms with Crippen molar-refractivity contribution in [3.05, 3.63) is 22.7 Å². The van der Waals surface area contributed by atoms with Crippen LogP contribution in [0.15, 0.2) is 12.1 Å². The molecule has 1 aliphatic heterocycles. The summed E-state index contributed by atoms with van der Waals surface area (Å²) in [6, 6.07) is 3.67. The Labute approximate surface area is 111 Å². The first kappa shape index (κ1) is 13.0. The molecule has 0 aromatic heterocycles. The zero-order valence-corrected chi connectivity index (χ0v) is 10.7. The predicted molar refractivity (Wildman–Crippen MR) is 71.1 cm³/mol. The highest BCUT2D eigenvalue weighted by Crippen LogP contribution is 2.39. The van der Waals surface area contributed by atoms with Crippen molar-refractivity contribution in [3.8, 4) is 23.8 Å². The van der Waals surface area contributed by atoms with Gasteiger partial charge in [-0.05, 0) is 17.7 Å². The SMILES string of the molecule is C#CCNC(CN)c1cc(Cl)c2c(c1)OCCO2. The second-order valence-electron chi connectivity index (χ2n) is 3.90. The first-order valence-corrected chi connectivity index (χ1v) is 6.10. The minimum atomic E-state index is -0.0469. The molecule has 0 amide bonds. The molecule has 1 unspecified atom stereocenters. The highest BCUT2D eigenvalue weighted by molar-refractivity contribution is 6.32. The van der Waals surface area contributed by atoms with Crippen molar-refractivity contribution in [3.63, 3.8) is 0 Å². The van der Waals surface area contributed by atoms with Crippen LogP contribution in [0.25, 0.3) is 0 Å². The van der Waals surface area contributed by atoms with Crippen LogP contribution in [-0.2, 0) is 0 Å². The van der Waals surface area contributed by atoms with Crippen molar-refractivity contribution in [1.82, 2.24) is 5.32 Å². The second-order valence-corrected chi connectivity index (χ2v) is 4.31. The lowest BCUT2D eigenvalue weighted by molar-refractivity contribution is 0.171. The van der Waals surface area contributed by atoms with Gasteiger partial charge in [0.05, 0.1) is 11.6 Å². The Morgan fingerprint density at radius 3 is 2.94 bits per heavy atom. The van der Waals surface area contributed by atoms with Crippen LogP contribution in [0.1, 0.15) is 11.6 Å². The van der Waals surface area contributed by atoms with E-state index >= 15 is 0 Å². The number of rotatable bonds is 4. The molecule has 18 heavy (non-hydrogen) atoms. The quantitative estimate of drug-likeness (QED) is 0.808. The number of benzene rings is 1. The fourth-order valence-corrected chi connectivity index (χ4v) is 2.13. The summed E-state index contributed by atoms with van der Waals surface area (Å²) >= 11 is 6.17. The number of nitrogens with one attached hydrogen (secondary N) is 1. The number of nitrogens with two attached hydrogens (primary N) is 1. The van der Waals surface area contributed by atoms with Crippen molar-refractivity contribution in [2.75, 3.05) is 26.3 Å². The Hall–Kier alpha value is -1.41. The molecule has 1 heterocycles. The molecule has 0 aliphatic carbocycles. The van der Waals surface area contributed by atoms with Gasteiger partial charge in [-0.1, -0.05) is 17.5 Å². The van der Waals surface area contributed by atoms with Crippen molar-refractivity contribution in [2.24, 2.45) is 5.73 Å². The van der Waals surface area contributed by atoms with Gasteiger partial charge in [-0.15, -0.1) is 6.42 Å². The molecule has 0 saturated carbocycles. The number of fused-ring (bicyclic) bond motifs is 1. The second kappa shape index (κ2) is 5.96. The standard InChI is InChI=1S/C13H15ClN2O2/c1-2-3-16-11(8-15)9-6-10(14)13-12(7-9)17-4-5-18-13/h1,6-7,11,16H,3-5,8,15H2. The minimum Gasteiger partial charge on any atom is -0.486 e. The first-order chi connectivity index (χ1) is 8.76. The number of ether oxygens (including phenoxy) is 2. The summed E-state index contributed by atoms with van der Waals surface area (Å²) in [4.78, 5) is 0. The van der Waals surface area contributed by atoms with E-state index in [0.29, 0.717) is 42.8 Å². The van der Waals surface area contributed by atoms with Crippen molar-refractivity contribution in [2.45, 2.75) is 6.04 Å². The minimum absolute atomic E-state index is 0.0469. The molecule has 2 rings (SSSR count). The van der Waals surface area contributed by atoms with Crippen LogP contribution in [-0.4, -0.2) is 26.3 Å². The number of hydrogen-bond acceptors (Lipinski definition) is 4. The van der Waals surface area contributed by atoms with Crippen LogP contribution in [0.3, 0.4) is 0 Å².